The first-order chi connectivity index (χ1) is 11.2. The van der Waals surface area contributed by atoms with Crippen molar-refractivity contribution in [2.45, 2.75) is 20.0 Å². The van der Waals surface area contributed by atoms with E-state index in [1.807, 2.05) is 41.9 Å². The predicted molar refractivity (Wildman–Crippen MR) is 93.2 cm³/mol. The second-order valence-electron chi connectivity index (χ2n) is 4.98. The number of carbonyl (C=O) groups is 1. The maximum absolute atomic E-state index is 12.6. The summed E-state index contributed by atoms with van der Waals surface area (Å²) in [5.74, 6) is 0.716. The number of carbonyl (C=O) groups excluding carboxylic acids is 1. The number of furan rings is 1. The molecule has 3 rings (SSSR count). The van der Waals surface area contributed by atoms with Crippen LogP contribution in [0.15, 0.2) is 51.8 Å². The molecule has 0 saturated carbocycles. The fourth-order valence-electron chi connectivity index (χ4n) is 2.11. The van der Waals surface area contributed by atoms with Gasteiger partial charge in [0.05, 0.1) is 30.1 Å². The minimum Gasteiger partial charge on any atom is -0.467 e. The monoisotopic (exact) mass is 344 g/mol. The number of aryl methyl sites for hydroxylation is 1. The number of rotatable bonds is 6. The summed E-state index contributed by atoms with van der Waals surface area (Å²) in [6.45, 7) is 2.96. The number of thiazole rings is 1. The van der Waals surface area contributed by atoms with E-state index in [-0.39, 0.29) is 5.91 Å². The number of hydrogen-bond acceptors (Lipinski definition) is 5. The number of nitrogens with zero attached hydrogens (tertiary/aromatic N) is 2. The minimum atomic E-state index is -0.0551. The van der Waals surface area contributed by atoms with Crippen molar-refractivity contribution in [1.29, 1.82) is 0 Å². The van der Waals surface area contributed by atoms with Crippen molar-refractivity contribution in [2.24, 2.45) is 0 Å². The first-order valence-corrected chi connectivity index (χ1v) is 8.90. The summed E-state index contributed by atoms with van der Waals surface area (Å²) >= 11 is 3.21. The zero-order chi connectivity index (χ0) is 16.1. The molecule has 118 valence electrons. The largest absolute Gasteiger partial charge is 0.467 e. The van der Waals surface area contributed by atoms with Gasteiger partial charge in [0.15, 0.2) is 0 Å². The third-order valence-electron chi connectivity index (χ3n) is 3.20. The predicted octanol–water partition coefficient (Wildman–Crippen LogP) is 4.35. The Morgan fingerprint density at radius 2 is 2.22 bits per heavy atom. The van der Waals surface area contributed by atoms with Gasteiger partial charge in [0.25, 0.3) is 0 Å². The summed E-state index contributed by atoms with van der Waals surface area (Å²) in [5, 5.41) is 4.94. The lowest BCUT2D eigenvalue weighted by atomic mass is 10.3. The van der Waals surface area contributed by atoms with Crippen LogP contribution >= 0.6 is 22.7 Å². The smallest absolute Gasteiger partial charge is 0.247 e. The molecule has 0 N–H and O–H groups in total. The van der Waals surface area contributed by atoms with E-state index in [9.17, 15) is 4.79 Å². The molecule has 4 nitrogen and oxygen atoms in total. The van der Waals surface area contributed by atoms with E-state index in [2.05, 4.69) is 4.98 Å². The summed E-state index contributed by atoms with van der Waals surface area (Å²) in [7, 11) is 0. The molecule has 6 heteroatoms. The molecule has 3 aromatic rings. The molecule has 0 bridgehead atoms. The van der Waals surface area contributed by atoms with Crippen molar-refractivity contribution >= 4 is 34.7 Å². The molecular weight excluding hydrogens is 328 g/mol. The maximum atomic E-state index is 12.6. The molecule has 0 fully saturated rings. The van der Waals surface area contributed by atoms with Gasteiger partial charge in [-0.15, -0.1) is 22.7 Å². The molecule has 0 aliphatic heterocycles. The van der Waals surface area contributed by atoms with Crippen molar-refractivity contribution < 1.29 is 9.21 Å². The van der Waals surface area contributed by atoms with Crippen molar-refractivity contribution in [3.8, 4) is 0 Å². The van der Waals surface area contributed by atoms with Crippen LogP contribution in [0.2, 0.25) is 0 Å². The van der Waals surface area contributed by atoms with Gasteiger partial charge in [0.2, 0.25) is 5.91 Å². The average Bonchev–Trinajstić information content (AvgIpc) is 3.27. The quantitative estimate of drug-likeness (QED) is 0.625. The van der Waals surface area contributed by atoms with Crippen molar-refractivity contribution in [2.75, 3.05) is 0 Å². The highest BCUT2D eigenvalue weighted by atomic mass is 32.1. The first kappa shape index (κ1) is 15.7. The second-order valence-corrected chi connectivity index (χ2v) is 7.07. The molecular formula is C17H16N2O2S2. The van der Waals surface area contributed by atoms with Gasteiger partial charge in [0, 0.05) is 16.3 Å². The molecule has 23 heavy (non-hydrogen) atoms. The molecule has 1 amide bonds. The topological polar surface area (TPSA) is 46.3 Å². The van der Waals surface area contributed by atoms with E-state index in [1.165, 1.54) is 0 Å². The minimum absolute atomic E-state index is 0.0551. The van der Waals surface area contributed by atoms with Gasteiger partial charge in [-0.05, 0) is 36.6 Å². The Morgan fingerprint density at radius 1 is 1.30 bits per heavy atom. The Labute approximate surface area is 142 Å². The van der Waals surface area contributed by atoms with Crippen LogP contribution in [0.1, 0.15) is 21.3 Å². The van der Waals surface area contributed by atoms with Gasteiger partial charge < -0.3 is 9.32 Å². The molecule has 0 aliphatic carbocycles. The Hall–Kier alpha value is -2.18. The van der Waals surface area contributed by atoms with Gasteiger partial charge in [-0.25, -0.2) is 4.98 Å². The van der Waals surface area contributed by atoms with Crippen molar-refractivity contribution in [3.05, 3.63) is 68.7 Å². The normalized spacial score (nSPS) is 11.2. The van der Waals surface area contributed by atoms with Crippen LogP contribution in [0.3, 0.4) is 0 Å². The third-order valence-corrected chi connectivity index (χ3v) is 4.85. The Morgan fingerprint density at radius 3 is 2.87 bits per heavy atom. The molecule has 0 aromatic carbocycles. The van der Waals surface area contributed by atoms with Crippen molar-refractivity contribution in [3.63, 3.8) is 0 Å². The lowest BCUT2D eigenvalue weighted by Crippen LogP contribution is -2.27. The number of aromatic nitrogens is 1. The van der Waals surface area contributed by atoms with Crippen LogP contribution in [0.25, 0.3) is 6.08 Å². The summed E-state index contributed by atoms with van der Waals surface area (Å²) in [4.78, 5) is 19.8. The molecule has 3 heterocycles. The fourth-order valence-corrected chi connectivity index (χ4v) is 3.41. The van der Waals surface area contributed by atoms with E-state index in [0.29, 0.717) is 13.1 Å². The number of amides is 1. The molecule has 0 aliphatic rings. The SMILES string of the molecule is Cc1nc(/C=C/C(=O)N(Cc2ccco2)Cc2cccs2)cs1. The highest BCUT2D eigenvalue weighted by Gasteiger charge is 2.14. The highest BCUT2D eigenvalue weighted by Crippen LogP contribution is 2.16. The number of thiophene rings is 1. The summed E-state index contributed by atoms with van der Waals surface area (Å²) in [6.07, 6.45) is 4.96. The Bertz CT molecular complexity index is 737. The van der Waals surface area contributed by atoms with Crippen LogP contribution in [-0.4, -0.2) is 15.8 Å². The van der Waals surface area contributed by atoms with E-state index in [1.54, 1.807) is 46.0 Å². The fraction of sp³-hybridized carbons (Fsp3) is 0.176. The van der Waals surface area contributed by atoms with Crippen LogP contribution in [0, 0.1) is 6.92 Å². The maximum Gasteiger partial charge on any atom is 0.247 e. The zero-order valence-electron chi connectivity index (χ0n) is 12.6. The van der Waals surface area contributed by atoms with Crippen LogP contribution in [0.5, 0.6) is 0 Å². The van der Waals surface area contributed by atoms with Crippen molar-refractivity contribution in [1.82, 2.24) is 9.88 Å². The highest BCUT2D eigenvalue weighted by molar-refractivity contribution is 7.10. The molecule has 0 atom stereocenters. The summed E-state index contributed by atoms with van der Waals surface area (Å²) in [6, 6.07) is 7.73. The van der Waals surface area contributed by atoms with E-state index >= 15 is 0 Å². The zero-order valence-corrected chi connectivity index (χ0v) is 14.3. The van der Waals surface area contributed by atoms with Gasteiger partial charge in [-0.1, -0.05) is 6.07 Å². The summed E-state index contributed by atoms with van der Waals surface area (Å²) in [5.41, 5.74) is 0.815. The Balaban J connectivity index is 1.73. The third kappa shape index (κ3) is 4.40. The molecule has 3 aromatic heterocycles. The molecule has 0 radical (unpaired) electrons. The van der Waals surface area contributed by atoms with Gasteiger partial charge in [-0.2, -0.15) is 0 Å². The van der Waals surface area contributed by atoms with E-state index < -0.39 is 0 Å². The van der Waals surface area contributed by atoms with E-state index in [4.69, 9.17) is 4.42 Å². The second kappa shape index (κ2) is 7.39. The summed E-state index contributed by atoms with van der Waals surface area (Å²) < 4.78 is 5.37. The number of hydrogen-bond donors (Lipinski definition) is 0. The average molecular weight is 344 g/mol. The van der Waals surface area contributed by atoms with Gasteiger partial charge >= 0.3 is 0 Å². The molecule has 0 saturated heterocycles. The van der Waals surface area contributed by atoms with Crippen LogP contribution in [0.4, 0.5) is 0 Å². The van der Waals surface area contributed by atoms with Crippen LogP contribution < -0.4 is 0 Å². The van der Waals surface area contributed by atoms with Gasteiger partial charge in [0.1, 0.15) is 5.76 Å². The first-order valence-electron chi connectivity index (χ1n) is 7.14. The lowest BCUT2D eigenvalue weighted by molar-refractivity contribution is -0.127. The molecule has 0 unspecified atom stereocenters. The van der Waals surface area contributed by atoms with Crippen LogP contribution in [-0.2, 0) is 17.9 Å². The Kier molecular flexibility index (Phi) is 5.05. The van der Waals surface area contributed by atoms with E-state index in [0.717, 1.165) is 21.3 Å². The molecule has 0 spiro atoms. The van der Waals surface area contributed by atoms with Gasteiger partial charge in [-0.3, -0.25) is 4.79 Å². The lowest BCUT2D eigenvalue weighted by Gasteiger charge is -2.19. The standard InChI is InChI=1S/C17H16N2O2S2/c1-13-18-14(12-23-13)6-7-17(20)19(10-15-4-2-8-21-15)11-16-5-3-9-22-16/h2-9,12H,10-11H2,1H3/b7-6+.